The molecule has 1 heterocycles. The average Bonchev–Trinajstić information content (AvgIpc) is 2.26. The summed E-state index contributed by atoms with van der Waals surface area (Å²) in [6, 6.07) is 8.35. The van der Waals surface area contributed by atoms with Crippen molar-refractivity contribution in [3.63, 3.8) is 0 Å². The second kappa shape index (κ2) is 4.22. The standard InChI is InChI=1S/C12H14N2O/c1-10-3-4-12-11(9-10)14(6-2-5-13)7-8-15-12/h3-4,9H,2,6-8H2,1H3. The molecule has 3 nitrogen and oxygen atoms in total. The third-order valence-electron chi connectivity index (χ3n) is 2.57. The van der Waals surface area contributed by atoms with Crippen molar-refractivity contribution in [1.82, 2.24) is 0 Å². The number of nitriles is 1. The molecule has 3 heteroatoms. The van der Waals surface area contributed by atoms with Crippen LogP contribution in [0.1, 0.15) is 12.0 Å². The van der Waals surface area contributed by atoms with Crippen LogP contribution < -0.4 is 9.64 Å². The molecule has 0 saturated carbocycles. The highest BCUT2D eigenvalue weighted by molar-refractivity contribution is 5.61. The molecule has 0 bridgehead atoms. The Bertz CT molecular complexity index is 395. The van der Waals surface area contributed by atoms with Gasteiger partial charge in [0.1, 0.15) is 12.4 Å². The van der Waals surface area contributed by atoms with E-state index in [0.29, 0.717) is 13.0 Å². The van der Waals surface area contributed by atoms with Crippen molar-refractivity contribution < 1.29 is 4.74 Å². The van der Waals surface area contributed by atoms with Gasteiger partial charge in [-0.1, -0.05) is 6.07 Å². The van der Waals surface area contributed by atoms with Crippen LogP contribution in [0.15, 0.2) is 18.2 Å². The van der Waals surface area contributed by atoms with Gasteiger partial charge >= 0.3 is 0 Å². The number of benzene rings is 1. The summed E-state index contributed by atoms with van der Waals surface area (Å²) in [4.78, 5) is 2.22. The maximum atomic E-state index is 8.59. The van der Waals surface area contributed by atoms with Crippen molar-refractivity contribution in [1.29, 1.82) is 5.26 Å². The molecule has 1 aromatic rings. The molecule has 0 aliphatic carbocycles. The topological polar surface area (TPSA) is 36.3 Å². The van der Waals surface area contributed by atoms with E-state index >= 15 is 0 Å². The second-order valence-corrected chi connectivity index (χ2v) is 3.71. The Labute approximate surface area is 89.9 Å². The van der Waals surface area contributed by atoms with Crippen LogP contribution in [0.2, 0.25) is 0 Å². The van der Waals surface area contributed by atoms with E-state index in [1.807, 2.05) is 12.1 Å². The van der Waals surface area contributed by atoms with Crippen LogP contribution in [0.3, 0.4) is 0 Å². The van der Waals surface area contributed by atoms with E-state index in [1.54, 1.807) is 0 Å². The molecule has 78 valence electrons. The van der Waals surface area contributed by atoms with Crippen molar-refractivity contribution in [2.24, 2.45) is 0 Å². The molecule has 0 spiro atoms. The molecular weight excluding hydrogens is 188 g/mol. The molecule has 0 fully saturated rings. The third kappa shape index (κ3) is 2.04. The fourth-order valence-electron chi connectivity index (χ4n) is 1.80. The first-order chi connectivity index (χ1) is 7.31. The molecule has 1 aromatic carbocycles. The Balaban J connectivity index is 2.25. The largest absolute Gasteiger partial charge is 0.490 e. The van der Waals surface area contributed by atoms with E-state index in [-0.39, 0.29) is 0 Å². The van der Waals surface area contributed by atoms with E-state index in [9.17, 15) is 0 Å². The first-order valence-corrected chi connectivity index (χ1v) is 5.16. The van der Waals surface area contributed by atoms with E-state index in [0.717, 1.165) is 24.5 Å². The number of hydrogen-bond acceptors (Lipinski definition) is 3. The van der Waals surface area contributed by atoms with Crippen LogP contribution in [-0.2, 0) is 0 Å². The number of hydrogen-bond donors (Lipinski definition) is 0. The molecule has 2 rings (SSSR count). The Morgan fingerprint density at radius 2 is 2.40 bits per heavy atom. The van der Waals surface area contributed by atoms with Gasteiger partial charge in [0.25, 0.3) is 0 Å². The summed E-state index contributed by atoms with van der Waals surface area (Å²) in [5.74, 6) is 0.935. The smallest absolute Gasteiger partial charge is 0.142 e. The normalized spacial score (nSPS) is 14.0. The highest BCUT2D eigenvalue weighted by Gasteiger charge is 2.17. The van der Waals surface area contributed by atoms with Crippen molar-refractivity contribution in [3.05, 3.63) is 23.8 Å². The van der Waals surface area contributed by atoms with Crippen molar-refractivity contribution in [2.75, 3.05) is 24.6 Å². The summed E-state index contributed by atoms with van der Waals surface area (Å²) >= 11 is 0. The minimum atomic E-state index is 0.563. The van der Waals surface area contributed by atoms with Gasteiger partial charge in [-0.15, -0.1) is 0 Å². The van der Waals surface area contributed by atoms with Gasteiger partial charge in [0.05, 0.1) is 24.7 Å². The van der Waals surface area contributed by atoms with E-state index in [4.69, 9.17) is 10.00 Å². The van der Waals surface area contributed by atoms with Gasteiger partial charge < -0.3 is 9.64 Å². The lowest BCUT2D eigenvalue weighted by Crippen LogP contribution is -2.33. The number of anilines is 1. The number of aryl methyl sites for hydroxylation is 1. The molecular formula is C12H14N2O. The SMILES string of the molecule is Cc1ccc2c(c1)N(CCC#N)CCO2. The zero-order valence-corrected chi connectivity index (χ0v) is 8.86. The summed E-state index contributed by atoms with van der Waals surface area (Å²) in [6.07, 6.45) is 0.563. The first kappa shape index (κ1) is 9.85. The van der Waals surface area contributed by atoms with Crippen LogP contribution in [0.5, 0.6) is 5.75 Å². The van der Waals surface area contributed by atoms with Gasteiger partial charge in [0, 0.05) is 6.54 Å². The van der Waals surface area contributed by atoms with Gasteiger partial charge in [-0.3, -0.25) is 0 Å². The molecule has 15 heavy (non-hydrogen) atoms. The van der Waals surface area contributed by atoms with Gasteiger partial charge in [0.15, 0.2) is 0 Å². The zero-order valence-electron chi connectivity index (χ0n) is 8.86. The monoisotopic (exact) mass is 202 g/mol. The molecule has 0 unspecified atom stereocenters. The van der Waals surface area contributed by atoms with Gasteiger partial charge in [-0.2, -0.15) is 5.26 Å². The third-order valence-corrected chi connectivity index (χ3v) is 2.57. The predicted octanol–water partition coefficient (Wildman–Crippen LogP) is 2.11. The van der Waals surface area contributed by atoms with Gasteiger partial charge in [-0.25, -0.2) is 0 Å². The molecule has 0 saturated heterocycles. The van der Waals surface area contributed by atoms with Gasteiger partial charge in [-0.05, 0) is 24.6 Å². The lowest BCUT2D eigenvalue weighted by Gasteiger charge is -2.30. The molecule has 0 aromatic heterocycles. The van der Waals surface area contributed by atoms with E-state index < -0.39 is 0 Å². The highest BCUT2D eigenvalue weighted by Crippen LogP contribution is 2.32. The first-order valence-electron chi connectivity index (χ1n) is 5.16. The fourth-order valence-corrected chi connectivity index (χ4v) is 1.80. The summed E-state index contributed by atoms with van der Waals surface area (Å²) in [5, 5.41) is 8.59. The summed E-state index contributed by atoms with van der Waals surface area (Å²) in [6.45, 7) is 4.44. The van der Waals surface area contributed by atoms with E-state index in [1.165, 1.54) is 5.56 Å². The van der Waals surface area contributed by atoms with Crippen molar-refractivity contribution in [3.8, 4) is 11.8 Å². The molecule has 1 aliphatic heterocycles. The fraction of sp³-hybridized carbons (Fsp3) is 0.417. The van der Waals surface area contributed by atoms with Crippen molar-refractivity contribution >= 4 is 5.69 Å². The Kier molecular flexibility index (Phi) is 2.77. The number of rotatable bonds is 2. The minimum absolute atomic E-state index is 0.563. The summed E-state index contributed by atoms with van der Waals surface area (Å²) < 4.78 is 5.56. The average molecular weight is 202 g/mol. The number of nitrogens with zero attached hydrogens (tertiary/aromatic N) is 2. The van der Waals surface area contributed by atoms with E-state index in [2.05, 4.69) is 24.0 Å². The minimum Gasteiger partial charge on any atom is -0.490 e. The van der Waals surface area contributed by atoms with Crippen molar-refractivity contribution in [2.45, 2.75) is 13.3 Å². The highest BCUT2D eigenvalue weighted by atomic mass is 16.5. The van der Waals surface area contributed by atoms with Crippen LogP contribution >= 0.6 is 0 Å². The summed E-state index contributed by atoms with van der Waals surface area (Å²) in [5.41, 5.74) is 2.35. The molecule has 0 N–H and O–H groups in total. The molecule has 1 aliphatic rings. The van der Waals surface area contributed by atoms with Crippen LogP contribution in [-0.4, -0.2) is 19.7 Å². The zero-order chi connectivity index (χ0) is 10.7. The number of ether oxygens (including phenoxy) is 1. The van der Waals surface area contributed by atoms with Gasteiger partial charge in [0.2, 0.25) is 0 Å². The Morgan fingerprint density at radius 1 is 1.53 bits per heavy atom. The van der Waals surface area contributed by atoms with Crippen LogP contribution in [0.25, 0.3) is 0 Å². The molecule has 0 radical (unpaired) electrons. The predicted molar refractivity (Wildman–Crippen MR) is 59.1 cm³/mol. The Morgan fingerprint density at radius 3 is 3.20 bits per heavy atom. The maximum Gasteiger partial charge on any atom is 0.142 e. The van der Waals surface area contributed by atoms with Crippen LogP contribution in [0, 0.1) is 18.3 Å². The lowest BCUT2D eigenvalue weighted by molar-refractivity contribution is 0.308. The second-order valence-electron chi connectivity index (χ2n) is 3.71. The number of fused-ring (bicyclic) bond motifs is 1. The molecule has 0 amide bonds. The van der Waals surface area contributed by atoms with Crippen LogP contribution in [0.4, 0.5) is 5.69 Å². The Hall–Kier alpha value is -1.69. The maximum absolute atomic E-state index is 8.59. The quantitative estimate of drug-likeness (QED) is 0.737. The molecule has 0 atom stereocenters. The lowest BCUT2D eigenvalue weighted by atomic mass is 10.1. The summed E-state index contributed by atoms with van der Waals surface area (Å²) in [7, 11) is 0.